The number of ether oxygens (including phenoxy) is 2. The maximum atomic E-state index is 12.1. The summed E-state index contributed by atoms with van der Waals surface area (Å²) in [4.78, 5) is 48.5. The fourth-order valence-electron chi connectivity index (χ4n) is 2.49. The van der Waals surface area contributed by atoms with Crippen LogP contribution in [0.15, 0.2) is 47.4 Å². The Hall–Kier alpha value is -3.33. The topological polar surface area (TPSA) is 111 Å². The summed E-state index contributed by atoms with van der Waals surface area (Å²) in [5, 5.41) is 4.81. The van der Waals surface area contributed by atoms with Gasteiger partial charge in [-0.25, -0.2) is 4.79 Å². The van der Waals surface area contributed by atoms with E-state index < -0.39 is 24.4 Å². The van der Waals surface area contributed by atoms with Crippen LogP contribution < -0.4 is 15.4 Å². The summed E-state index contributed by atoms with van der Waals surface area (Å²) in [6.45, 7) is -0.627. The second-order valence-corrected chi connectivity index (χ2v) is 6.72. The predicted octanol–water partition coefficient (Wildman–Crippen LogP) is 1.85. The SMILES string of the molecule is COc1ccccc1C(=O)NC(=O)COC(=O)c1ccc2c(c1)NC(=O)CS2. The van der Waals surface area contributed by atoms with E-state index in [0.29, 0.717) is 17.2 Å². The summed E-state index contributed by atoms with van der Waals surface area (Å²) >= 11 is 1.37. The van der Waals surface area contributed by atoms with E-state index in [9.17, 15) is 19.2 Å². The normalized spacial score (nSPS) is 12.4. The molecule has 3 rings (SSSR count). The van der Waals surface area contributed by atoms with Crippen molar-refractivity contribution < 1.29 is 28.7 Å². The molecule has 3 amide bonds. The highest BCUT2D eigenvalue weighted by atomic mass is 32.2. The molecule has 2 N–H and O–H groups in total. The molecule has 0 saturated heterocycles. The number of esters is 1. The lowest BCUT2D eigenvalue weighted by atomic mass is 10.2. The number of thioether (sulfide) groups is 1. The van der Waals surface area contributed by atoms with Crippen LogP contribution in [0.2, 0.25) is 0 Å². The molecule has 28 heavy (non-hydrogen) atoms. The number of rotatable bonds is 5. The molecule has 0 unspecified atom stereocenters. The Kier molecular flexibility index (Phi) is 5.95. The molecule has 0 aliphatic carbocycles. The molecule has 2 aromatic rings. The third kappa shape index (κ3) is 4.49. The lowest BCUT2D eigenvalue weighted by Gasteiger charge is -2.16. The van der Waals surface area contributed by atoms with Gasteiger partial charge in [-0.1, -0.05) is 12.1 Å². The van der Waals surface area contributed by atoms with Gasteiger partial charge in [0.1, 0.15) is 5.75 Å². The van der Waals surface area contributed by atoms with Gasteiger partial charge in [0.05, 0.1) is 29.7 Å². The average molecular weight is 400 g/mol. The van der Waals surface area contributed by atoms with Gasteiger partial charge in [-0.3, -0.25) is 19.7 Å². The quantitative estimate of drug-likeness (QED) is 0.737. The first-order chi connectivity index (χ1) is 13.5. The third-order valence-electron chi connectivity index (χ3n) is 3.79. The molecule has 0 fully saturated rings. The molecule has 0 saturated carbocycles. The summed E-state index contributed by atoms with van der Waals surface area (Å²) < 4.78 is 10.0. The maximum absolute atomic E-state index is 12.1. The van der Waals surface area contributed by atoms with Gasteiger partial charge < -0.3 is 14.8 Å². The van der Waals surface area contributed by atoms with Crippen molar-refractivity contribution in [2.75, 3.05) is 24.8 Å². The molecular weight excluding hydrogens is 384 g/mol. The van der Waals surface area contributed by atoms with E-state index >= 15 is 0 Å². The molecule has 0 spiro atoms. The largest absolute Gasteiger partial charge is 0.496 e. The Bertz CT molecular complexity index is 959. The zero-order valence-electron chi connectivity index (χ0n) is 14.8. The first-order valence-corrected chi connectivity index (χ1v) is 9.17. The van der Waals surface area contributed by atoms with Gasteiger partial charge in [-0.05, 0) is 30.3 Å². The van der Waals surface area contributed by atoms with Crippen molar-refractivity contribution in [3.63, 3.8) is 0 Å². The highest BCUT2D eigenvalue weighted by Crippen LogP contribution is 2.32. The summed E-state index contributed by atoms with van der Waals surface area (Å²) in [7, 11) is 1.41. The van der Waals surface area contributed by atoms with Crippen LogP contribution in [0.5, 0.6) is 5.75 Å². The molecule has 2 aromatic carbocycles. The number of nitrogens with one attached hydrogen (secondary N) is 2. The van der Waals surface area contributed by atoms with Crippen LogP contribution in [0.3, 0.4) is 0 Å². The van der Waals surface area contributed by atoms with Crippen LogP contribution in [-0.4, -0.2) is 43.2 Å². The fraction of sp³-hybridized carbons (Fsp3) is 0.158. The Morgan fingerprint density at radius 2 is 1.96 bits per heavy atom. The molecule has 0 radical (unpaired) electrons. The molecule has 0 atom stereocenters. The highest BCUT2D eigenvalue weighted by molar-refractivity contribution is 8.00. The zero-order chi connectivity index (χ0) is 20.1. The second-order valence-electron chi connectivity index (χ2n) is 5.70. The van der Waals surface area contributed by atoms with Crippen LogP contribution >= 0.6 is 11.8 Å². The van der Waals surface area contributed by atoms with Gasteiger partial charge in [0.2, 0.25) is 5.91 Å². The Labute approximate surface area is 164 Å². The number of fused-ring (bicyclic) bond motifs is 1. The third-order valence-corrected chi connectivity index (χ3v) is 4.86. The van der Waals surface area contributed by atoms with Crippen molar-refractivity contribution in [3.05, 3.63) is 53.6 Å². The maximum Gasteiger partial charge on any atom is 0.338 e. The van der Waals surface area contributed by atoms with Gasteiger partial charge in [-0.15, -0.1) is 11.8 Å². The summed E-state index contributed by atoms with van der Waals surface area (Å²) in [5.41, 5.74) is 0.893. The van der Waals surface area contributed by atoms with Crippen LogP contribution in [0, 0.1) is 0 Å². The number of amides is 3. The highest BCUT2D eigenvalue weighted by Gasteiger charge is 2.19. The fourth-order valence-corrected chi connectivity index (χ4v) is 3.28. The van der Waals surface area contributed by atoms with Crippen molar-refractivity contribution in [2.24, 2.45) is 0 Å². The number of para-hydroxylation sites is 1. The Morgan fingerprint density at radius 3 is 2.75 bits per heavy atom. The van der Waals surface area contributed by atoms with Crippen LogP contribution in [0.25, 0.3) is 0 Å². The number of hydrogen-bond acceptors (Lipinski definition) is 7. The van der Waals surface area contributed by atoms with Crippen molar-refractivity contribution in [3.8, 4) is 5.75 Å². The summed E-state index contributed by atoms with van der Waals surface area (Å²) in [6.07, 6.45) is 0. The molecule has 144 valence electrons. The molecule has 0 aromatic heterocycles. The molecule has 1 aliphatic rings. The van der Waals surface area contributed by atoms with Crippen LogP contribution in [0.1, 0.15) is 20.7 Å². The van der Waals surface area contributed by atoms with E-state index in [1.54, 1.807) is 30.3 Å². The van der Waals surface area contributed by atoms with Crippen molar-refractivity contribution in [2.45, 2.75) is 4.90 Å². The first kappa shape index (κ1) is 19.4. The van der Waals surface area contributed by atoms with E-state index in [1.165, 1.54) is 31.0 Å². The lowest BCUT2D eigenvalue weighted by Crippen LogP contribution is -2.34. The van der Waals surface area contributed by atoms with E-state index in [-0.39, 0.29) is 17.0 Å². The van der Waals surface area contributed by atoms with Crippen LogP contribution in [0.4, 0.5) is 5.69 Å². The number of imide groups is 1. The number of methoxy groups -OCH3 is 1. The van der Waals surface area contributed by atoms with Crippen LogP contribution in [-0.2, 0) is 14.3 Å². The van der Waals surface area contributed by atoms with Gasteiger partial charge in [0.25, 0.3) is 11.8 Å². The Morgan fingerprint density at radius 1 is 1.18 bits per heavy atom. The zero-order valence-corrected chi connectivity index (χ0v) is 15.6. The minimum Gasteiger partial charge on any atom is -0.496 e. The van der Waals surface area contributed by atoms with E-state index in [4.69, 9.17) is 9.47 Å². The van der Waals surface area contributed by atoms with Gasteiger partial charge >= 0.3 is 5.97 Å². The smallest absolute Gasteiger partial charge is 0.338 e. The summed E-state index contributed by atoms with van der Waals surface area (Å²) in [5.74, 6) is -1.70. The Balaban J connectivity index is 1.57. The number of benzene rings is 2. The standard InChI is InChI=1S/C19H16N2O6S/c1-26-14-5-3-2-4-12(14)18(24)21-16(22)9-27-19(25)11-6-7-15-13(8-11)20-17(23)10-28-15/h2-8H,9-10H2,1H3,(H,20,23)(H,21,22,24). The molecule has 1 aliphatic heterocycles. The van der Waals surface area contributed by atoms with E-state index in [2.05, 4.69) is 10.6 Å². The minimum absolute atomic E-state index is 0.155. The summed E-state index contributed by atoms with van der Waals surface area (Å²) in [6, 6.07) is 11.2. The van der Waals surface area contributed by atoms with E-state index in [1.807, 2.05) is 0 Å². The minimum atomic E-state index is -0.772. The lowest BCUT2D eigenvalue weighted by molar-refractivity contribution is -0.123. The van der Waals surface area contributed by atoms with Crippen molar-refractivity contribution in [1.29, 1.82) is 0 Å². The monoisotopic (exact) mass is 400 g/mol. The molecule has 1 heterocycles. The number of carbonyl (C=O) groups excluding carboxylic acids is 4. The van der Waals surface area contributed by atoms with Gasteiger partial charge in [-0.2, -0.15) is 0 Å². The van der Waals surface area contributed by atoms with Crippen molar-refractivity contribution >= 4 is 41.1 Å². The van der Waals surface area contributed by atoms with Gasteiger partial charge in [0.15, 0.2) is 6.61 Å². The second kappa shape index (κ2) is 8.57. The van der Waals surface area contributed by atoms with E-state index in [0.717, 1.165) is 4.90 Å². The van der Waals surface area contributed by atoms with Crippen molar-refractivity contribution in [1.82, 2.24) is 5.32 Å². The first-order valence-electron chi connectivity index (χ1n) is 8.19. The molecule has 0 bridgehead atoms. The number of carbonyl (C=O) groups is 4. The molecular formula is C19H16N2O6S. The predicted molar refractivity (Wildman–Crippen MR) is 102 cm³/mol. The molecule has 9 heteroatoms. The number of anilines is 1. The molecule has 8 nitrogen and oxygen atoms in total. The average Bonchev–Trinajstić information content (AvgIpc) is 2.71. The number of hydrogen-bond donors (Lipinski definition) is 2. The van der Waals surface area contributed by atoms with Gasteiger partial charge in [0, 0.05) is 4.90 Å².